The summed E-state index contributed by atoms with van der Waals surface area (Å²) < 4.78 is 4.52. The third kappa shape index (κ3) is 3.65. The molecule has 5 heterocycles. The zero-order chi connectivity index (χ0) is 24.1. The molecule has 1 aliphatic heterocycles. The topological polar surface area (TPSA) is 112 Å². The molecule has 4 aromatic heterocycles. The Kier molecular flexibility index (Phi) is 5.62. The van der Waals surface area contributed by atoms with E-state index in [0.29, 0.717) is 16.3 Å². The molecule has 0 bridgehead atoms. The van der Waals surface area contributed by atoms with Crippen LogP contribution in [0.5, 0.6) is 0 Å². The highest BCUT2D eigenvalue weighted by atomic mass is 32.1. The fourth-order valence-electron chi connectivity index (χ4n) is 4.28. The molecule has 1 amide bonds. The molecule has 1 fully saturated rings. The van der Waals surface area contributed by atoms with Gasteiger partial charge in [-0.1, -0.05) is 13.8 Å². The average Bonchev–Trinajstić information content (AvgIpc) is 3.52. The first-order valence-electron chi connectivity index (χ1n) is 11.0. The lowest BCUT2D eigenvalue weighted by molar-refractivity contribution is -0.0778. The Morgan fingerprint density at radius 1 is 1.32 bits per heavy atom. The van der Waals surface area contributed by atoms with Gasteiger partial charge < -0.3 is 9.67 Å². The number of aliphatic hydroxyl groups excluding tert-OH is 1. The van der Waals surface area contributed by atoms with Crippen molar-refractivity contribution in [3.05, 3.63) is 61.9 Å². The number of aromatic nitrogens is 4. The molecule has 0 unspecified atom stereocenters. The minimum absolute atomic E-state index is 0.00533. The van der Waals surface area contributed by atoms with Crippen LogP contribution in [-0.4, -0.2) is 54.0 Å². The number of carbonyl (C=O) groups is 1. The van der Waals surface area contributed by atoms with Crippen LogP contribution >= 0.6 is 11.3 Å². The van der Waals surface area contributed by atoms with E-state index in [2.05, 4.69) is 4.98 Å². The summed E-state index contributed by atoms with van der Waals surface area (Å²) in [5.74, 6) is -0.355. The van der Waals surface area contributed by atoms with E-state index < -0.39 is 23.3 Å². The first-order chi connectivity index (χ1) is 16.3. The van der Waals surface area contributed by atoms with Crippen LogP contribution in [0.1, 0.15) is 29.1 Å². The first-order valence-corrected chi connectivity index (χ1v) is 11.9. The maximum absolute atomic E-state index is 13.6. The van der Waals surface area contributed by atoms with Gasteiger partial charge in [0.1, 0.15) is 23.2 Å². The maximum atomic E-state index is 13.6. The Labute approximate surface area is 198 Å². The molecule has 1 atom stereocenters. The molecule has 1 aliphatic rings. The van der Waals surface area contributed by atoms with E-state index in [0.717, 1.165) is 20.7 Å². The molecular formula is C23H25N5O5S. The minimum Gasteiger partial charge on any atom is -0.389 e. The van der Waals surface area contributed by atoms with Gasteiger partial charge in [-0.3, -0.25) is 23.6 Å². The first kappa shape index (κ1) is 22.5. The van der Waals surface area contributed by atoms with Gasteiger partial charge in [0.2, 0.25) is 0 Å². The van der Waals surface area contributed by atoms with Crippen molar-refractivity contribution in [3.63, 3.8) is 0 Å². The van der Waals surface area contributed by atoms with Crippen LogP contribution in [0.25, 0.3) is 21.3 Å². The third-order valence-electron chi connectivity index (χ3n) is 5.87. The number of hydrogen-bond donors (Lipinski definition) is 1. The fourth-order valence-corrected chi connectivity index (χ4v) is 5.56. The van der Waals surface area contributed by atoms with E-state index in [1.165, 1.54) is 18.4 Å². The van der Waals surface area contributed by atoms with Crippen molar-refractivity contribution < 1.29 is 14.7 Å². The highest BCUT2D eigenvalue weighted by Gasteiger charge is 2.33. The second-order valence-corrected chi connectivity index (χ2v) is 9.99. The Balaban J connectivity index is 1.76. The van der Waals surface area contributed by atoms with E-state index in [4.69, 9.17) is 4.84 Å². The number of thiophene rings is 1. The number of nitrogens with zero attached hydrogens (tertiary/aromatic N) is 5. The number of fused-ring (bicyclic) bond motifs is 2. The van der Waals surface area contributed by atoms with Crippen molar-refractivity contribution in [2.75, 3.05) is 13.2 Å². The quantitative estimate of drug-likeness (QED) is 0.461. The molecule has 0 radical (unpaired) electrons. The Morgan fingerprint density at radius 3 is 2.82 bits per heavy atom. The Morgan fingerprint density at radius 2 is 2.12 bits per heavy atom. The molecule has 5 rings (SSSR count). The van der Waals surface area contributed by atoms with Crippen LogP contribution in [-0.2, 0) is 25.0 Å². The van der Waals surface area contributed by atoms with E-state index in [-0.39, 0.29) is 36.6 Å². The van der Waals surface area contributed by atoms with Gasteiger partial charge in [-0.2, -0.15) is 0 Å². The van der Waals surface area contributed by atoms with Crippen molar-refractivity contribution in [2.24, 2.45) is 13.0 Å². The summed E-state index contributed by atoms with van der Waals surface area (Å²) in [7, 11) is 1.42. The van der Waals surface area contributed by atoms with Crippen molar-refractivity contribution in [1.29, 1.82) is 0 Å². The van der Waals surface area contributed by atoms with Gasteiger partial charge in [-0.05, 0) is 24.1 Å². The highest BCUT2D eigenvalue weighted by Crippen LogP contribution is 2.32. The predicted octanol–water partition coefficient (Wildman–Crippen LogP) is 1.56. The summed E-state index contributed by atoms with van der Waals surface area (Å²) in [6.45, 7) is 4.68. The summed E-state index contributed by atoms with van der Waals surface area (Å²) in [5.41, 5.74) is 0.00340. The summed E-state index contributed by atoms with van der Waals surface area (Å²) in [4.78, 5) is 50.8. The lowest BCUT2D eigenvalue weighted by Crippen LogP contribution is -2.39. The van der Waals surface area contributed by atoms with Crippen LogP contribution in [0, 0.1) is 5.92 Å². The number of rotatable bonds is 5. The molecule has 1 saturated heterocycles. The van der Waals surface area contributed by atoms with E-state index in [1.807, 2.05) is 42.8 Å². The summed E-state index contributed by atoms with van der Waals surface area (Å²) in [6.07, 6.45) is 2.79. The van der Waals surface area contributed by atoms with Gasteiger partial charge in [0.15, 0.2) is 0 Å². The van der Waals surface area contributed by atoms with Crippen molar-refractivity contribution in [3.8, 4) is 0 Å². The molecule has 4 aromatic rings. The van der Waals surface area contributed by atoms with Crippen LogP contribution in [0.2, 0.25) is 0 Å². The van der Waals surface area contributed by atoms with Crippen molar-refractivity contribution in [2.45, 2.75) is 33.0 Å². The summed E-state index contributed by atoms with van der Waals surface area (Å²) in [5, 5.41) is 12.1. The van der Waals surface area contributed by atoms with Gasteiger partial charge in [-0.25, -0.2) is 14.8 Å². The maximum Gasteiger partial charge on any atom is 0.331 e. The molecule has 0 saturated carbocycles. The largest absolute Gasteiger partial charge is 0.389 e. The number of pyridine rings is 1. The third-order valence-corrected chi connectivity index (χ3v) is 7.07. The molecule has 11 heteroatoms. The fraction of sp³-hybridized carbons (Fsp3) is 0.391. The average molecular weight is 484 g/mol. The molecule has 34 heavy (non-hydrogen) atoms. The Hall–Kier alpha value is -3.28. The van der Waals surface area contributed by atoms with E-state index in [9.17, 15) is 19.5 Å². The molecule has 0 aliphatic carbocycles. The van der Waals surface area contributed by atoms with Crippen molar-refractivity contribution in [1.82, 2.24) is 23.7 Å². The van der Waals surface area contributed by atoms with Crippen LogP contribution in [0.3, 0.4) is 0 Å². The highest BCUT2D eigenvalue weighted by molar-refractivity contribution is 7.19. The zero-order valence-corrected chi connectivity index (χ0v) is 19.9. The van der Waals surface area contributed by atoms with Gasteiger partial charge in [0, 0.05) is 36.2 Å². The number of amides is 1. The molecule has 0 aromatic carbocycles. The van der Waals surface area contributed by atoms with E-state index >= 15 is 0 Å². The van der Waals surface area contributed by atoms with Gasteiger partial charge in [-0.15, -0.1) is 11.3 Å². The molecule has 1 N–H and O–H groups in total. The van der Waals surface area contributed by atoms with Crippen LogP contribution < -0.4 is 11.2 Å². The summed E-state index contributed by atoms with van der Waals surface area (Å²) in [6, 6.07) is 5.74. The number of carbonyl (C=O) groups excluding carboxylic acids is 1. The molecule has 10 nitrogen and oxygen atoms in total. The molecule has 0 spiro atoms. The second-order valence-electron chi connectivity index (χ2n) is 8.91. The minimum atomic E-state index is -0.795. The zero-order valence-electron chi connectivity index (χ0n) is 19.1. The van der Waals surface area contributed by atoms with E-state index in [1.54, 1.807) is 10.8 Å². The predicted molar refractivity (Wildman–Crippen MR) is 128 cm³/mol. The number of hydroxylamine groups is 2. The Bertz CT molecular complexity index is 1530. The summed E-state index contributed by atoms with van der Waals surface area (Å²) >= 11 is 1.26. The lowest BCUT2D eigenvalue weighted by Gasteiger charge is -2.15. The monoisotopic (exact) mass is 483 g/mol. The van der Waals surface area contributed by atoms with Crippen LogP contribution in [0.15, 0.2) is 40.2 Å². The molecule has 178 valence electrons. The van der Waals surface area contributed by atoms with Gasteiger partial charge >= 0.3 is 5.69 Å². The van der Waals surface area contributed by atoms with Gasteiger partial charge in [0.25, 0.3) is 11.5 Å². The standard InChI is InChI=1S/C23H25N5O5S/c1-13(2)9-27-22-18(20(30)25(3)23(27)32)17(21(31)28-10-15(29)12-33-28)16(34-22)11-26-8-6-14-5-4-7-24-19(14)26/h4-8,13,15,29H,9-12H2,1-3H3/t15-/m1/s1. The lowest BCUT2D eigenvalue weighted by atomic mass is 10.1. The SMILES string of the molecule is CC(C)Cn1c(=O)n(C)c(=O)c2c(C(=O)N3C[C@@H](O)CO3)c(Cn3ccc4cccnc43)sc21. The number of aliphatic hydroxyl groups is 1. The molecular weight excluding hydrogens is 458 g/mol. The smallest absolute Gasteiger partial charge is 0.331 e. The number of β-amino-alcohol motifs (C(OH)–C–C–N with tert-alkyl or cyclic N) is 1. The normalized spacial score (nSPS) is 16.4. The second kappa shape index (κ2) is 8.49. The number of hydrogen-bond acceptors (Lipinski definition) is 7. The van der Waals surface area contributed by atoms with Crippen LogP contribution in [0.4, 0.5) is 0 Å². The van der Waals surface area contributed by atoms with Gasteiger partial charge in [0.05, 0.1) is 24.0 Å². The van der Waals surface area contributed by atoms with Crippen molar-refractivity contribution >= 4 is 38.5 Å².